The summed E-state index contributed by atoms with van der Waals surface area (Å²) in [4.78, 5) is 4.64. The lowest BCUT2D eigenvalue weighted by Crippen LogP contribution is -2.09. The van der Waals surface area contributed by atoms with E-state index in [9.17, 15) is 0 Å². The summed E-state index contributed by atoms with van der Waals surface area (Å²) < 4.78 is 7.82. The maximum absolute atomic E-state index is 5.56. The molecule has 2 aromatic rings. The predicted molar refractivity (Wildman–Crippen MR) is 70.2 cm³/mol. The Balaban J connectivity index is 2.18. The smallest absolute Gasteiger partial charge is 0.109 e. The van der Waals surface area contributed by atoms with Gasteiger partial charge >= 0.3 is 0 Å². The fourth-order valence-electron chi connectivity index (χ4n) is 2.05. The molecule has 3 nitrogen and oxygen atoms in total. The summed E-state index contributed by atoms with van der Waals surface area (Å²) in [7, 11) is 0. The lowest BCUT2D eigenvalue weighted by molar-refractivity contribution is 0.127. The summed E-state index contributed by atoms with van der Waals surface area (Å²) in [6.07, 6.45) is 2.04. The van der Waals surface area contributed by atoms with E-state index in [4.69, 9.17) is 4.74 Å². The zero-order chi connectivity index (χ0) is 12.1. The molecule has 92 valence electrons. The van der Waals surface area contributed by atoms with E-state index in [1.165, 1.54) is 5.52 Å². The van der Waals surface area contributed by atoms with Gasteiger partial charge in [0.2, 0.25) is 0 Å². The van der Waals surface area contributed by atoms with Crippen LogP contribution in [0.1, 0.15) is 26.1 Å². The van der Waals surface area contributed by atoms with Gasteiger partial charge in [0, 0.05) is 19.6 Å². The van der Waals surface area contributed by atoms with E-state index in [0.717, 1.165) is 43.9 Å². The summed E-state index contributed by atoms with van der Waals surface area (Å²) in [5, 5.41) is 0. The average molecular weight is 232 g/mol. The molecule has 0 saturated heterocycles. The number of aromatic nitrogens is 2. The van der Waals surface area contributed by atoms with Crippen molar-refractivity contribution in [2.24, 2.45) is 0 Å². The average Bonchev–Trinajstić information content (AvgIpc) is 2.73. The molecule has 1 aromatic carbocycles. The van der Waals surface area contributed by atoms with Gasteiger partial charge in [0.15, 0.2) is 0 Å². The van der Waals surface area contributed by atoms with Crippen LogP contribution in [-0.2, 0) is 17.7 Å². The number of benzene rings is 1. The predicted octanol–water partition coefficient (Wildman–Crippen LogP) is 3.03. The van der Waals surface area contributed by atoms with Crippen LogP contribution >= 0.6 is 0 Å². The van der Waals surface area contributed by atoms with Crippen molar-refractivity contribution >= 4 is 11.0 Å². The Hall–Kier alpha value is -1.35. The monoisotopic (exact) mass is 232 g/mol. The molecule has 0 fully saturated rings. The second-order valence-corrected chi connectivity index (χ2v) is 4.13. The lowest BCUT2D eigenvalue weighted by Gasteiger charge is -2.08. The SMILES string of the molecule is CCCOCCn1c(CC)nc2ccccc21. The van der Waals surface area contributed by atoms with Crippen LogP contribution in [0.25, 0.3) is 11.0 Å². The number of rotatable bonds is 6. The first-order valence-electron chi connectivity index (χ1n) is 6.38. The number of nitrogens with zero attached hydrogens (tertiary/aromatic N) is 2. The molecule has 17 heavy (non-hydrogen) atoms. The van der Waals surface area contributed by atoms with Gasteiger partial charge in [0.05, 0.1) is 17.6 Å². The van der Waals surface area contributed by atoms with Crippen molar-refractivity contribution in [2.75, 3.05) is 13.2 Å². The van der Waals surface area contributed by atoms with Crippen molar-refractivity contribution in [1.82, 2.24) is 9.55 Å². The topological polar surface area (TPSA) is 27.1 Å². The fraction of sp³-hybridized carbons (Fsp3) is 0.500. The zero-order valence-corrected chi connectivity index (χ0v) is 10.6. The third kappa shape index (κ3) is 2.67. The molecule has 0 unspecified atom stereocenters. The molecule has 1 aromatic heterocycles. The third-order valence-corrected chi connectivity index (χ3v) is 2.86. The van der Waals surface area contributed by atoms with Crippen LogP contribution in [0.5, 0.6) is 0 Å². The van der Waals surface area contributed by atoms with Gasteiger partial charge in [0.1, 0.15) is 5.82 Å². The van der Waals surface area contributed by atoms with Crippen LogP contribution in [-0.4, -0.2) is 22.8 Å². The van der Waals surface area contributed by atoms with E-state index in [1.54, 1.807) is 0 Å². The van der Waals surface area contributed by atoms with Crippen LogP contribution in [0, 0.1) is 0 Å². The van der Waals surface area contributed by atoms with Crippen molar-refractivity contribution in [1.29, 1.82) is 0 Å². The minimum atomic E-state index is 0.765. The van der Waals surface area contributed by atoms with Gasteiger partial charge in [-0.25, -0.2) is 4.98 Å². The van der Waals surface area contributed by atoms with E-state index in [1.807, 2.05) is 6.07 Å². The van der Waals surface area contributed by atoms with E-state index in [0.29, 0.717) is 0 Å². The Kier molecular flexibility index (Phi) is 4.15. The molecule has 0 N–H and O–H groups in total. The molecule has 0 radical (unpaired) electrons. The first kappa shape index (κ1) is 12.1. The van der Waals surface area contributed by atoms with Gasteiger partial charge in [-0.05, 0) is 18.6 Å². The molecule has 0 amide bonds. The highest BCUT2D eigenvalue weighted by molar-refractivity contribution is 5.75. The second-order valence-electron chi connectivity index (χ2n) is 4.13. The van der Waals surface area contributed by atoms with Crippen LogP contribution in [0.4, 0.5) is 0 Å². The highest BCUT2D eigenvalue weighted by Gasteiger charge is 2.07. The molecular weight excluding hydrogens is 212 g/mol. The quantitative estimate of drug-likeness (QED) is 0.716. The molecule has 3 heteroatoms. The third-order valence-electron chi connectivity index (χ3n) is 2.86. The minimum absolute atomic E-state index is 0.765. The summed E-state index contributed by atoms with van der Waals surface area (Å²) in [5.41, 5.74) is 2.30. The maximum atomic E-state index is 5.56. The fourth-order valence-corrected chi connectivity index (χ4v) is 2.05. The summed E-state index contributed by atoms with van der Waals surface area (Å²) in [5.74, 6) is 1.14. The Morgan fingerprint density at radius 2 is 2.00 bits per heavy atom. The zero-order valence-electron chi connectivity index (χ0n) is 10.6. The number of hydrogen-bond acceptors (Lipinski definition) is 2. The molecule has 0 spiro atoms. The van der Waals surface area contributed by atoms with Crippen LogP contribution in [0.2, 0.25) is 0 Å². The summed E-state index contributed by atoms with van der Waals surface area (Å²) in [6.45, 7) is 6.77. The number of para-hydroxylation sites is 2. The summed E-state index contributed by atoms with van der Waals surface area (Å²) >= 11 is 0. The molecule has 0 saturated carbocycles. The van der Waals surface area contributed by atoms with Crippen molar-refractivity contribution in [3.05, 3.63) is 30.1 Å². The van der Waals surface area contributed by atoms with Crippen LogP contribution in [0.15, 0.2) is 24.3 Å². The van der Waals surface area contributed by atoms with Crippen molar-refractivity contribution < 1.29 is 4.74 Å². The number of aryl methyl sites for hydroxylation is 1. The Labute approximate surface area is 102 Å². The van der Waals surface area contributed by atoms with E-state index >= 15 is 0 Å². The normalized spacial score (nSPS) is 11.2. The second kappa shape index (κ2) is 5.82. The Morgan fingerprint density at radius 1 is 1.18 bits per heavy atom. The van der Waals surface area contributed by atoms with Crippen molar-refractivity contribution in [3.63, 3.8) is 0 Å². The van der Waals surface area contributed by atoms with Crippen molar-refractivity contribution in [2.45, 2.75) is 33.2 Å². The number of hydrogen-bond donors (Lipinski definition) is 0. The van der Waals surface area contributed by atoms with Gasteiger partial charge in [-0.1, -0.05) is 26.0 Å². The van der Waals surface area contributed by atoms with Crippen LogP contribution in [0.3, 0.4) is 0 Å². The minimum Gasteiger partial charge on any atom is -0.380 e. The first-order valence-corrected chi connectivity index (χ1v) is 6.38. The highest BCUT2D eigenvalue weighted by Crippen LogP contribution is 2.16. The van der Waals surface area contributed by atoms with E-state index < -0.39 is 0 Å². The largest absolute Gasteiger partial charge is 0.380 e. The Bertz CT molecular complexity index is 476. The maximum Gasteiger partial charge on any atom is 0.109 e. The molecule has 0 aliphatic rings. The van der Waals surface area contributed by atoms with Gasteiger partial charge in [0.25, 0.3) is 0 Å². The standard InChI is InChI=1S/C14H20N2O/c1-3-10-17-11-9-16-13-8-6-5-7-12(13)15-14(16)4-2/h5-8H,3-4,9-11H2,1-2H3. The number of ether oxygens (including phenoxy) is 1. The molecule has 1 heterocycles. The van der Waals surface area contributed by atoms with Crippen LogP contribution < -0.4 is 0 Å². The molecule has 0 aliphatic heterocycles. The van der Waals surface area contributed by atoms with Gasteiger partial charge in [-0.2, -0.15) is 0 Å². The molecule has 0 atom stereocenters. The molecule has 0 aliphatic carbocycles. The first-order chi connectivity index (χ1) is 8.36. The van der Waals surface area contributed by atoms with Gasteiger partial charge in [-0.15, -0.1) is 0 Å². The molecular formula is C14H20N2O. The number of imidazole rings is 1. The molecule has 2 rings (SSSR count). The lowest BCUT2D eigenvalue weighted by atomic mass is 10.3. The van der Waals surface area contributed by atoms with E-state index in [2.05, 4.69) is 41.6 Å². The highest BCUT2D eigenvalue weighted by atomic mass is 16.5. The summed E-state index contributed by atoms with van der Waals surface area (Å²) in [6, 6.07) is 8.29. The van der Waals surface area contributed by atoms with Gasteiger partial charge in [-0.3, -0.25) is 0 Å². The number of fused-ring (bicyclic) bond motifs is 1. The van der Waals surface area contributed by atoms with E-state index in [-0.39, 0.29) is 0 Å². The Morgan fingerprint density at radius 3 is 2.76 bits per heavy atom. The molecule has 0 bridgehead atoms. The van der Waals surface area contributed by atoms with Crippen molar-refractivity contribution in [3.8, 4) is 0 Å². The van der Waals surface area contributed by atoms with Gasteiger partial charge < -0.3 is 9.30 Å².